The maximum absolute atomic E-state index is 12.0. The molecule has 3 rings (SSSR count). The molecule has 1 aliphatic heterocycles. The normalized spacial score (nSPS) is 21.8. The number of aliphatic hydroxyl groups excluding tert-OH is 1. The maximum atomic E-state index is 12.0. The molecule has 1 aliphatic rings. The molecule has 0 bridgehead atoms. The standard InChI is InChI=1S/C15H12ClNO2S/c16-10-7-5-9(6-8-10)14-13(18)15(19)17-11-3-1-2-4-12(11)20-14/h1-8,13-14,18H,(H,17,19)/t13-,14+/m1/s1. The summed E-state index contributed by atoms with van der Waals surface area (Å²) in [6, 6.07) is 14.7. The van der Waals surface area contributed by atoms with Crippen LogP contribution >= 0.6 is 23.4 Å². The number of amides is 1. The largest absolute Gasteiger partial charge is 0.382 e. The van der Waals surface area contributed by atoms with Gasteiger partial charge in [0.15, 0.2) is 0 Å². The van der Waals surface area contributed by atoms with Crippen molar-refractivity contribution in [1.29, 1.82) is 0 Å². The van der Waals surface area contributed by atoms with E-state index in [1.807, 2.05) is 36.4 Å². The Hall–Kier alpha value is -1.49. The lowest BCUT2D eigenvalue weighted by molar-refractivity contribution is -0.124. The molecule has 0 aliphatic carbocycles. The summed E-state index contributed by atoms with van der Waals surface area (Å²) in [6.07, 6.45) is -1.10. The fourth-order valence-corrected chi connectivity index (χ4v) is 3.47. The zero-order chi connectivity index (χ0) is 14.1. The fraction of sp³-hybridized carbons (Fsp3) is 0.133. The quantitative estimate of drug-likeness (QED) is 0.848. The van der Waals surface area contributed by atoms with Crippen molar-refractivity contribution >= 4 is 35.0 Å². The molecule has 3 nitrogen and oxygen atoms in total. The van der Waals surface area contributed by atoms with Crippen molar-refractivity contribution in [3.63, 3.8) is 0 Å². The van der Waals surface area contributed by atoms with Crippen LogP contribution in [0.4, 0.5) is 5.69 Å². The molecule has 1 heterocycles. The second-order valence-corrected chi connectivity index (χ2v) is 6.14. The van der Waals surface area contributed by atoms with Crippen LogP contribution in [-0.4, -0.2) is 17.1 Å². The number of hydrogen-bond acceptors (Lipinski definition) is 3. The maximum Gasteiger partial charge on any atom is 0.254 e. The van der Waals surface area contributed by atoms with E-state index in [1.165, 1.54) is 11.8 Å². The molecule has 5 heteroatoms. The van der Waals surface area contributed by atoms with Gasteiger partial charge in [0.25, 0.3) is 5.91 Å². The highest BCUT2D eigenvalue weighted by molar-refractivity contribution is 7.99. The minimum atomic E-state index is -1.10. The van der Waals surface area contributed by atoms with Gasteiger partial charge in [-0.15, -0.1) is 11.8 Å². The van der Waals surface area contributed by atoms with Crippen molar-refractivity contribution in [2.24, 2.45) is 0 Å². The predicted octanol–water partition coefficient (Wildman–Crippen LogP) is 3.49. The number of carbonyl (C=O) groups excluding carboxylic acids is 1. The molecule has 1 amide bonds. The molecule has 2 aromatic rings. The van der Waals surface area contributed by atoms with Crippen LogP contribution < -0.4 is 5.32 Å². The van der Waals surface area contributed by atoms with Gasteiger partial charge in [-0.3, -0.25) is 4.79 Å². The number of thioether (sulfide) groups is 1. The number of benzene rings is 2. The number of hydrogen-bond donors (Lipinski definition) is 2. The number of rotatable bonds is 1. The molecule has 20 heavy (non-hydrogen) atoms. The SMILES string of the molecule is O=C1Nc2ccccc2S[C@@H](c2ccc(Cl)cc2)[C@H]1O. The Morgan fingerprint density at radius 2 is 1.80 bits per heavy atom. The molecule has 0 saturated heterocycles. The molecule has 102 valence electrons. The summed E-state index contributed by atoms with van der Waals surface area (Å²) in [5.41, 5.74) is 1.61. The number of carbonyl (C=O) groups is 1. The Bertz CT molecular complexity index is 645. The summed E-state index contributed by atoms with van der Waals surface area (Å²) < 4.78 is 0. The number of aliphatic hydroxyl groups is 1. The lowest BCUT2D eigenvalue weighted by Gasteiger charge is -2.18. The monoisotopic (exact) mass is 305 g/mol. The lowest BCUT2D eigenvalue weighted by Crippen LogP contribution is -2.30. The van der Waals surface area contributed by atoms with Gasteiger partial charge in [0.05, 0.1) is 10.9 Å². The summed E-state index contributed by atoms with van der Waals surface area (Å²) in [6.45, 7) is 0. The molecule has 2 atom stereocenters. The van der Waals surface area contributed by atoms with Gasteiger partial charge >= 0.3 is 0 Å². The second kappa shape index (κ2) is 5.48. The van der Waals surface area contributed by atoms with Gasteiger partial charge in [-0.05, 0) is 29.8 Å². The van der Waals surface area contributed by atoms with Crippen LogP contribution in [0.3, 0.4) is 0 Å². The van der Waals surface area contributed by atoms with Crippen molar-refractivity contribution in [2.45, 2.75) is 16.2 Å². The third kappa shape index (κ3) is 2.54. The minimum Gasteiger partial charge on any atom is -0.382 e. The number of nitrogens with one attached hydrogen (secondary N) is 1. The van der Waals surface area contributed by atoms with Gasteiger partial charge in [-0.2, -0.15) is 0 Å². The smallest absolute Gasteiger partial charge is 0.254 e. The average Bonchev–Trinajstić information content (AvgIpc) is 2.58. The van der Waals surface area contributed by atoms with Crippen molar-refractivity contribution in [2.75, 3.05) is 5.32 Å². The van der Waals surface area contributed by atoms with E-state index in [9.17, 15) is 9.90 Å². The minimum absolute atomic E-state index is 0.351. The van der Waals surface area contributed by atoms with Crippen molar-refractivity contribution in [3.8, 4) is 0 Å². The molecule has 0 radical (unpaired) electrons. The molecule has 0 spiro atoms. The van der Waals surface area contributed by atoms with Crippen LogP contribution in [0.5, 0.6) is 0 Å². The van der Waals surface area contributed by atoms with Gasteiger partial charge in [0.2, 0.25) is 0 Å². The summed E-state index contributed by atoms with van der Waals surface area (Å²) >= 11 is 7.35. The third-order valence-corrected chi connectivity index (χ3v) is 4.80. The van der Waals surface area contributed by atoms with Crippen LogP contribution in [0.15, 0.2) is 53.4 Å². The Morgan fingerprint density at radius 1 is 1.10 bits per heavy atom. The summed E-state index contributed by atoms with van der Waals surface area (Å²) in [5, 5.41) is 13.3. The zero-order valence-electron chi connectivity index (χ0n) is 10.4. The van der Waals surface area contributed by atoms with Crippen molar-refractivity contribution in [1.82, 2.24) is 0 Å². The van der Waals surface area contributed by atoms with E-state index in [0.717, 1.165) is 16.1 Å². The van der Waals surface area contributed by atoms with Crippen LogP contribution in [0.2, 0.25) is 5.02 Å². The van der Waals surface area contributed by atoms with E-state index in [4.69, 9.17) is 11.6 Å². The van der Waals surface area contributed by atoms with E-state index < -0.39 is 6.10 Å². The molecule has 0 saturated carbocycles. The molecule has 2 N–H and O–H groups in total. The number of anilines is 1. The van der Waals surface area contributed by atoms with E-state index in [-0.39, 0.29) is 11.2 Å². The molecule has 0 aromatic heterocycles. The first-order chi connectivity index (χ1) is 9.65. The van der Waals surface area contributed by atoms with E-state index in [0.29, 0.717) is 5.02 Å². The van der Waals surface area contributed by atoms with Crippen LogP contribution in [0.25, 0.3) is 0 Å². The lowest BCUT2D eigenvalue weighted by atomic mass is 10.1. The van der Waals surface area contributed by atoms with Gasteiger partial charge in [-0.1, -0.05) is 35.9 Å². The van der Waals surface area contributed by atoms with Gasteiger partial charge < -0.3 is 10.4 Å². The summed E-state index contributed by atoms with van der Waals surface area (Å²) in [7, 11) is 0. The zero-order valence-corrected chi connectivity index (χ0v) is 12.0. The Balaban J connectivity index is 2.01. The summed E-state index contributed by atoms with van der Waals surface area (Å²) in [4.78, 5) is 13.0. The van der Waals surface area contributed by atoms with E-state index in [1.54, 1.807) is 12.1 Å². The average molecular weight is 306 g/mol. The Labute approximate surface area is 126 Å². The molecule has 0 fully saturated rings. The highest BCUT2D eigenvalue weighted by Crippen LogP contribution is 2.43. The number of halogens is 1. The molecular weight excluding hydrogens is 294 g/mol. The highest BCUT2D eigenvalue weighted by atomic mass is 35.5. The predicted molar refractivity (Wildman–Crippen MR) is 81.1 cm³/mol. The Kier molecular flexibility index (Phi) is 3.70. The second-order valence-electron chi connectivity index (χ2n) is 4.52. The molecule has 2 aromatic carbocycles. The third-order valence-electron chi connectivity index (χ3n) is 3.15. The highest BCUT2D eigenvalue weighted by Gasteiger charge is 2.32. The van der Waals surface area contributed by atoms with Crippen molar-refractivity contribution < 1.29 is 9.90 Å². The first-order valence-electron chi connectivity index (χ1n) is 6.15. The van der Waals surface area contributed by atoms with E-state index in [2.05, 4.69) is 5.32 Å². The van der Waals surface area contributed by atoms with Crippen LogP contribution in [0.1, 0.15) is 10.8 Å². The number of fused-ring (bicyclic) bond motifs is 1. The number of para-hydroxylation sites is 1. The van der Waals surface area contributed by atoms with Gasteiger partial charge in [-0.25, -0.2) is 0 Å². The molecular formula is C15H12ClNO2S. The van der Waals surface area contributed by atoms with Gasteiger partial charge in [0.1, 0.15) is 6.10 Å². The first kappa shape index (κ1) is 13.5. The summed E-state index contributed by atoms with van der Waals surface area (Å²) in [5.74, 6) is -0.387. The van der Waals surface area contributed by atoms with Crippen LogP contribution in [0, 0.1) is 0 Å². The van der Waals surface area contributed by atoms with Gasteiger partial charge in [0, 0.05) is 9.92 Å². The van der Waals surface area contributed by atoms with Crippen molar-refractivity contribution in [3.05, 3.63) is 59.1 Å². The topological polar surface area (TPSA) is 49.3 Å². The first-order valence-corrected chi connectivity index (χ1v) is 7.41. The fourth-order valence-electron chi connectivity index (χ4n) is 2.12. The van der Waals surface area contributed by atoms with E-state index >= 15 is 0 Å². The molecule has 0 unspecified atom stereocenters. The Morgan fingerprint density at radius 3 is 2.55 bits per heavy atom. The van der Waals surface area contributed by atoms with Crippen LogP contribution in [-0.2, 0) is 4.79 Å².